The molecule has 4 nitrogen and oxygen atoms in total. The molecule has 0 saturated heterocycles. The number of nitrogens with one attached hydrogen (secondary N) is 2. The van der Waals surface area contributed by atoms with Crippen LogP contribution in [0, 0.1) is 19.7 Å². The van der Waals surface area contributed by atoms with Crippen LogP contribution in [-0.4, -0.2) is 11.8 Å². The second-order valence-corrected chi connectivity index (χ2v) is 6.63. The van der Waals surface area contributed by atoms with E-state index in [2.05, 4.69) is 10.6 Å². The summed E-state index contributed by atoms with van der Waals surface area (Å²) < 4.78 is 13.7. The van der Waals surface area contributed by atoms with Crippen LogP contribution in [0.4, 0.5) is 10.1 Å². The summed E-state index contributed by atoms with van der Waals surface area (Å²) in [6, 6.07) is 18.5. The number of rotatable bonds is 5. The van der Waals surface area contributed by atoms with Crippen LogP contribution in [0.25, 0.3) is 0 Å². The van der Waals surface area contributed by atoms with Crippen molar-refractivity contribution in [1.29, 1.82) is 0 Å². The van der Waals surface area contributed by atoms with Crippen LogP contribution in [0.5, 0.6) is 0 Å². The number of benzene rings is 3. The summed E-state index contributed by atoms with van der Waals surface area (Å²) in [7, 11) is 0. The van der Waals surface area contributed by atoms with E-state index in [1.54, 1.807) is 36.4 Å². The highest BCUT2D eigenvalue weighted by atomic mass is 19.1. The van der Waals surface area contributed by atoms with Gasteiger partial charge in [-0.15, -0.1) is 0 Å². The zero-order valence-corrected chi connectivity index (χ0v) is 15.8. The van der Waals surface area contributed by atoms with Crippen LogP contribution >= 0.6 is 0 Å². The minimum absolute atomic E-state index is 0.0738. The van der Waals surface area contributed by atoms with Crippen molar-refractivity contribution >= 4 is 17.5 Å². The van der Waals surface area contributed by atoms with Crippen molar-refractivity contribution in [3.05, 3.63) is 100 Å². The predicted octanol–water partition coefficient (Wildman–Crippen LogP) is 4.62. The molecule has 0 fully saturated rings. The number of carbonyl (C=O) groups excluding carboxylic acids is 2. The molecule has 2 N–H and O–H groups in total. The van der Waals surface area contributed by atoms with Gasteiger partial charge in [0.05, 0.1) is 0 Å². The minimum Gasteiger partial charge on any atom is -0.348 e. The number of hydrogen-bond donors (Lipinski definition) is 2. The van der Waals surface area contributed by atoms with E-state index in [0.717, 1.165) is 16.8 Å². The zero-order chi connectivity index (χ0) is 20.1. The van der Waals surface area contributed by atoms with Gasteiger partial charge in [-0.2, -0.15) is 0 Å². The summed E-state index contributed by atoms with van der Waals surface area (Å²) in [6.07, 6.45) is 0. The number of carbonyl (C=O) groups is 2. The van der Waals surface area contributed by atoms with Gasteiger partial charge < -0.3 is 10.6 Å². The fourth-order valence-corrected chi connectivity index (χ4v) is 2.79. The summed E-state index contributed by atoms with van der Waals surface area (Å²) in [4.78, 5) is 25.0. The monoisotopic (exact) mass is 376 g/mol. The first-order valence-electron chi connectivity index (χ1n) is 8.94. The molecule has 0 bridgehead atoms. The third-order valence-electron chi connectivity index (χ3n) is 4.43. The molecule has 28 heavy (non-hydrogen) atoms. The van der Waals surface area contributed by atoms with E-state index in [1.165, 1.54) is 12.1 Å². The Bertz CT molecular complexity index is 1030. The van der Waals surface area contributed by atoms with Crippen molar-refractivity contribution in [2.75, 3.05) is 5.32 Å². The van der Waals surface area contributed by atoms with E-state index in [9.17, 15) is 14.0 Å². The van der Waals surface area contributed by atoms with Crippen LogP contribution < -0.4 is 10.6 Å². The molecule has 3 aromatic carbocycles. The molecular weight excluding hydrogens is 355 g/mol. The van der Waals surface area contributed by atoms with Crippen molar-refractivity contribution in [3.63, 3.8) is 0 Å². The average Bonchev–Trinajstić information content (AvgIpc) is 2.70. The first-order chi connectivity index (χ1) is 13.4. The zero-order valence-electron chi connectivity index (χ0n) is 15.8. The summed E-state index contributed by atoms with van der Waals surface area (Å²) in [6.45, 7) is 3.95. The number of amides is 2. The lowest BCUT2D eigenvalue weighted by molar-refractivity contribution is 0.0950. The van der Waals surface area contributed by atoms with E-state index in [0.29, 0.717) is 16.7 Å². The van der Waals surface area contributed by atoms with Gasteiger partial charge >= 0.3 is 0 Å². The maximum Gasteiger partial charge on any atom is 0.255 e. The van der Waals surface area contributed by atoms with E-state index >= 15 is 0 Å². The normalized spacial score (nSPS) is 10.4. The maximum absolute atomic E-state index is 13.7. The highest BCUT2D eigenvalue weighted by molar-refractivity contribution is 6.06. The Hall–Kier alpha value is -3.47. The lowest BCUT2D eigenvalue weighted by Gasteiger charge is -2.11. The number of anilines is 1. The van der Waals surface area contributed by atoms with Crippen LogP contribution in [0.3, 0.4) is 0 Å². The number of halogens is 1. The van der Waals surface area contributed by atoms with Gasteiger partial charge in [-0.1, -0.05) is 36.4 Å². The summed E-state index contributed by atoms with van der Waals surface area (Å²) in [5, 5.41) is 5.56. The van der Waals surface area contributed by atoms with Gasteiger partial charge in [-0.05, 0) is 55.3 Å². The molecule has 0 aliphatic rings. The average molecular weight is 376 g/mol. The Balaban J connectivity index is 1.70. The molecule has 3 aromatic rings. The molecule has 2 amide bonds. The SMILES string of the molecule is Cc1ccc(C)c(NC(=O)c2cccc(C(=O)NCc3ccccc3F)c2)c1. The maximum atomic E-state index is 13.7. The van der Waals surface area contributed by atoms with Gasteiger partial charge in [0.1, 0.15) is 5.82 Å². The number of aryl methyl sites for hydroxylation is 2. The minimum atomic E-state index is -0.371. The Morgan fingerprint density at radius 1 is 0.857 bits per heavy atom. The van der Waals surface area contributed by atoms with E-state index < -0.39 is 0 Å². The molecule has 0 aliphatic carbocycles. The lowest BCUT2D eigenvalue weighted by Crippen LogP contribution is -2.24. The van der Waals surface area contributed by atoms with E-state index in [4.69, 9.17) is 0 Å². The van der Waals surface area contributed by atoms with Crippen LogP contribution in [0.1, 0.15) is 37.4 Å². The second kappa shape index (κ2) is 8.48. The molecule has 0 unspecified atom stereocenters. The summed E-state index contributed by atoms with van der Waals surface area (Å²) in [5.41, 5.74) is 3.85. The molecular formula is C23H21FN2O2. The van der Waals surface area contributed by atoms with E-state index in [-0.39, 0.29) is 24.2 Å². The predicted molar refractivity (Wildman–Crippen MR) is 108 cm³/mol. The van der Waals surface area contributed by atoms with Crippen molar-refractivity contribution in [1.82, 2.24) is 5.32 Å². The van der Waals surface area contributed by atoms with Gasteiger partial charge in [0.25, 0.3) is 11.8 Å². The smallest absolute Gasteiger partial charge is 0.255 e. The largest absolute Gasteiger partial charge is 0.348 e. The van der Waals surface area contributed by atoms with E-state index in [1.807, 2.05) is 32.0 Å². The van der Waals surface area contributed by atoms with Gasteiger partial charge in [-0.3, -0.25) is 9.59 Å². The fraction of sp³-hybridized carbons (Fsp3) is 0.130. The van der Waals surface area contributed by atoms with Crippen molar-refractivity contribution < 1.29 is 14.0 Å². The van der Waals surface area contributed by atoms with Crippen LogP contribution in [0.15, 0.2) is 66.7 Å². The van der Waals surface area contributed by atoms with Gasteiger partial charge in [0, 0.05) is 28.9 Å². The third-order valence-corrected chi connectivity index (χ3v) is 4.43. The van der Waals surface area contributed by atoms with Gasteiger partial charge in [0.2, 0.25) is 0 Å². The molecule has 5 heteroatoms. The lowest BCUT2D eigenvalue weighted by atomic mass is 10.1. The summed E-state index contributed by atoms with van der Waals surface area (Å²) in [5.74, 6) is -1.04. The van der Waals surface area contributed by atoms with Crippen molar-refractivity contribution in [2.24, 2.45) is 0 Å². The van der Waals surface area contributed by atoms with Crippen LogP contribution in [0.2, 0.25) is 0 Å². The van der Waals surface area contributed by atoms with Gasteiger partial charge in [0.15, 0.2) is 0 Å². The molecule has 0 aromatic heterocycles. The molecule has 0 atom stereocenters. The standard InChI is InChI=1S/C23H21FN2O2/c1-15-10-11-16(2)21(12-15)26-23(28)18-8-5-7-17(13-18)22(27)25-14-19-6-3-4-9-20(19)24/h3-13H,14H2,1-2H3,(H,25,27)(H,26,28). The molecule has 3 rings (SSSR count). The topological polar surface area (TPSA) is 58.2 Å². The summed E-state index contributed by atoms with van der Waals surface area (Å²) >= 11 is 0. The molecule has 0 spiro atoms. The first-order valence-corrected chi connectivity index (χ1v) is 8.94. The Morgan fingerprint density at radius 3 is 2.32 bits per heavy atom. The molecule has 0 aliphatic heterocycles. The first kappa shape index (κ1) is 19.3. The number of hydrogen-bond acceptors (Lipinski definition) is 2. The van der Waals surface area contributed by atoms with Gasteiger partial charge in [-0.25, -0.2) is 4.39 Å². The third kappa shape index (κ3) is 4.62. The second-order valence-electron chi connectivity index (χ2n) is 6.63. The Labute approximate surface area is 163 Å². The highest BCUT2D eigenvalue weighted by Gasteiger charge is 2.12. The Kier molecular flexibility index (Phi) is 5.84. The molecule has 0 saturated carbocycles. The van der Waals surface area contributed by atoms with Crippen molar-refractivity contribution in [3.8, 4) is 0 Å². The molecule has 0 heterocycles. The van der Waals surface area contributed by atoms with Crippen LogP contribution in [-0.2, 0) is 6.54 Å². The quantitative estimate of drug-likeness (QED) is 0.682. The Morgan fingerprint density at radius 2 is 1.57 bits per heavy atom. The highest BCUT2D eigenvalue weighted by Crippen LogP contribution is 2.18. The van der Waals surface area contributed by atoms with Crippen molar-refractivity contribution in [2.45, 2.75) is 20.4 Å². The molecule has 0 radical (unpaired) electrons. The fourth-order valence-electron chi connectivity index (χ4n) is 2.79. The molecule has 142 valence electrons.